The van der Waals surface area contributed by atoms with Gasteiger partial charge in [0.25, 0.3) is 5.91 Å². The number of aryl methyl sites for hydroxylation is 1. The number of nitrogens with one attached hydrogen (secondary N) is 2. The maximum absolute atomic E-state index is 13.5. The number of anilines is 1. The molecule has 6 amide bonds. The molecule has 0 radical (unpaired) electrons. The van der Waals surface area contributed by atoms with Crippen LogP contribution >= 0.6 is 34.9 Å². The highest BCUT2D eigenvalue weighted by atomic mass is 32.2. The molecule has 0 spiro atoms. The van der Waals surface area contributed by atoms with Gasteiger partial charge in [-0.15, -0.1) is 22.0 Å². The van der Waals surface area contributed by atoms with Gasteiger partial charge in [-0.25, -0.2) is 19.3 Å². The number of aliphatic carboxylic acids is 1. The number of thioether (sulfide) groups is 2. The van der Waals surface area contributed by atoms with Crippen LogP contribution < -0.4 is 15.5 Å². The Labute approximate surface area is 240 Å². The van der Waals surface area contributed by atoms with Crippen molar-refractivity contribution in [2.45, 2.75) is 22.7 Å². The van der Waals surface area contributed by atoms with Crippen LogP contribution in [0.2, 0.25) is 0 Å². The second-order valence-electron chi connectivity index (χ2n) is 8.54. The van der Waals surface area contributed by atoms with E-state index in [4.69, 9.17) is 0 Å². The zero-order valence-corrected chi connectivity index (χ0v) is 23.9. The number of phenolic OH excluding ortho intramolecular Hbond substituents is 1. The van der Waals surface area contributed by atoms with Crippen LogP contribution in [0.3, 0.4) is 0 Å². The lowest BCUT2D eigenvalue weighted by atomic mass is 10.00. The van der Waals surface area contributed by atoms with Gasteiger partial charge in [0.1, 0.15) is 27.9 Å². The lowest BCUT2D eigenvalue weighted by Crippen LogP contribution is -2.72. The summed E-state index contributed by atoms with van der Waals surface area (Å²) in [6.45, 7) is 1.27. The summed E-state index contributed by atoms with van der Waals surface area (Å²) in [7, 11) is 2.57. The summed E-state index contributed by atoms with van der Waals surface area (Å²) in [6.07, 6.45) is 0. The molecule has 1 unspecified atom stereocenters. The van der Waals surface area contributed by atoms with E-state index in [1.165, 1.54) is 83.0 Å². The van der Waals surface area contributed by atoms with E-state index >= 15 is 0 Å². The molecule has 0 saturated carbocycles. The van der Waals surface area contributed by atoms with Gasteiger partial charge in [0.2, 0.25) is 5.91 Å². The number of urea groups is 2. The molecule has 17 heteroatoms. The molecule has 2 atom stereocenters. The number of hydrogen-bond donors (Lipinski definition) is 4. The lowest BCUT2D eigenvalue weighted by molar-refractivity contribution is -0.149. The molecule has 4 rings (SSSR count). The summed E-state index contributed by atoms with van der Waals surface area (Å²) >= 11 is 4.04. The van der Waals surface area contributed by atoms with Crippen molar-refractivity contribution in [2.75, 3.05) is 37.0 Å². The van der Waals surface area contributed by atoms with E-state index in [1.54, 1.807) is 0 Å². The van der Waals surface area contributed by atoms with Crippen LogP contribution in [0.25, 0.3) is 0 Å². The Morgan fingerprint density at radius 3 is 2.48 bits per heavy atom. The summed E-state index contributed by atoms with van der Waals surface area (Å²) in [5.74, 6) is -1.98. The molecule has 0 bridgehead atoms. The van der Waals surface area contributed by atoms with Crippen LogP contribution in [0.15, 0.2) is 39.9 Å². The minimum absolute atomic E-state index is 0.0610. The molecule has 1 aromatic heterocycles. The number of carbonyl (C=O) groups is 5. The molecule has 3 heterocycles. The van der Waals surface area contributed by atoms with Gasteiger partial charge >= 0.3 is 18.0 Å². The number of nitrogens with zero attached hydrogens (tertiary/aromatic N) is 5. The topological polar surface area (TPSA) is 185 Å². The fraction of sp³-hybridized carbons (Fsp3) is 0.348. The number of hydrogen-bond acceptors (Lipinski definition) is 11. The number of carboxylic acid groups (broad SMARTS) is 1. The van der Waals surface area contributed by atoms with Crippen molar-refractivity contribution in [1.29, 1.82) is 0 Å². The molecule has 2 aromatic rings. The van der Waals surface area contributed by atoms with Gasteiger partial charge in [-0.3, -0.25) is 19.4 Å². The average molecular weight is 608 g/mol. The van der Waals surface area contributed by atoms with Crippen molar-refractivity contribution >= 4 is 70.4 Å². The smallest absolute Gasteiger partial charge is 0.352 e. The second kappa shape index (κ2) is 12.1. The predicted octanol–water partition coefficient (Wildman–Crippen LogP) is 1.28. The zero-order valence-electron chi connectivity index (χ0n) is 21.5. The van der Waals surface area contributed by atoms with Crippen molar-refractivity contribution in [2.24, 2.45) is 0 Å². The Balaban J connectivity index is 1.57. The van der Waals surface area contributed by atoms with E-state index in [-0.39, 0.29) is 17.1 Å². The SMILES string of the molecule is CNC(=O)N(C)C(=O)NCC(=O)N(c1ccc(O)cc1)C1C(=O)N2C(C(=O)O)=C(CSc3nnc(C)s3)CS[C@@H]12. The van der Waals surface area contributed by atoms with Crippen LogP contribution in [0, 0.1) is 6.92 Å². The first-order valence-corrected chi connectivity index (χ1v) is 14.6. The van der Waals surface area contributed by atoms with Gasteiger partial charge in [0, 0.05) is 31.3 Å². The van der Waals surface area contributed by atoms with E-state index < -0.39 is 47.8 Å². The standard InChI is InChI=1S/C23H25N7O7S3/c1-11-26-27-23(40-11)39-10-12-9-38-19-17(18(33)30(19)16(12)20(34)35)29(13-4-6-14(31)7-5-13)15(32)8-25-22(37)28(3)21(36)24-2/h4-7,17,19,31H,8-10H2,1-3H3,(H,24,36)(H,25,37)(H,34,35)/t17?,19-/m0/s1. The first-order chi connectivity index (χ1) is 19.0. The number of imide groups is 1. The Hall–Kier alpha value is -3.83. The molecule has 4 N–H and O–H groups in total. The second-order valence-corrected chi connectivity index (χ2v) is 12.0. The summed E-state index contributed by atoms with van der Waals surface area (Å²) in [5.41, 5.74) is 0.687. The number of carbonyl (C=O) groups excluding carboxylic acids is 4. The zero-order chi connectivity index (χ0) is 29.1. The van der Waals surface area contributed by atoms with Gasteiger partial charge < -0.3 is 20.8 Å². The number of aromatic nitrogens is 2. The predicted molar refractivity (Wildman–Crippen MR) is 148 cm³/mol. The van der Waals surface area contributed by atoms with Gasteiger partial charge in [0.15, 0.2) is 4.34 Å². The van der Waals surface area contributed by atoms with Crippen LogP contribution in [0.4, 0.5) is 15.3 Å². The third-order valence-corrected chi connectivity index (χ3v) is 9.37. The maximum atomic E-state index is 13.5. The molecule has 1 aromatic carbocycles. The maximum Gasteiger partial charge on any atom is 0.352 e. The van der Waals surface area contributed by atoms with E-state index in [1.807, 2.05) is 6.92 Å². The van der Waals surface area contributed by atoms with E-state index in [2.05, 4.69) is 20.8 Å². The molecule has 2 aliphatic heterocycles. The minimum Gasteiger partial charge on any atom is -0.508 e. The number of benzene rings is 1. The number of β-lactam (4-membered cyclic amide) rings is 1. The van der Waals surface area contributed by atoms with Gasteiger partial charge in [-0.05, 0) is 36.8 Å². The molecule has 2 aliphatic rings. The normalized spacial score (nSPS) is 18.0. The number of fused-ring (bicyclic) bond motifs is 1. The number of phenols is 1. The number of aromatic hydroxyl groups is 1. The highest BCUT2D eigenvalue weighted by Gasteiger charge is 2.57. The molecule has 14 nitrogen and oxygen atoms in total. The van der Waals surface area contributed by atoms with Crippen molar-refractivity contribution < 1.29 is 34.2 Å². The van der Waals surface area contributed by atoms with Crippen LogP contribution in [0.5, 0.6) is 5.75 Å². The Morgan fingerprint density at radius 1 is 1.18 bits per heavy atom. The fourth-order valence-electron chi connectivity index (χ4n) is 4.05. The van der Waals surface area contributed by atoms with Gasteiger partial charge in [-0.2, -0.15) is 0 Å². The third kappa shape index (κ3) is 5.85. The largest absolute Gasteiger partial charge is 0.508 e. The third-order valence-electron chi connectivity index (χ3n) is 5.99. The van der Waals surface area contributed by atoms with Crippen LogP contribution in [-0.2, 0) is 14.4 Å². The van der Waals surface area contributed by atoms with Crippen molar-refractivity contribution in [3.8, 4) is 5.75 Å². The van der Waals surface area contributed by atoms with E-state index in [9.17, 15) is 34.2 Å². The van der Waals surface area contributed by atoms with Gasteiger partial charge in [0.05, 0.1) is 6.54 Å². The first-order valence-electron chi connectivity index (χ1n) is 11.7. The molecule has 0 aliphatic carbocycles. The van der Waals surface area contributed by atoms with Gasteiger partial charge in [-0.1, -0.05) is 23.1 Å². The molecular weight excluding hydrogens is 582 g/mol. The van der Waals surface area contributed by atoms with Crippen molar-refractivity contribution in [1.82, 2.24) is 30.6 Å². The highest BCUT2D eigenvalue weighted by molar-refractivity contribution is 8.01. The molecule has 40 heavy (non-hydrogen) atoms. The summed E-state index contributed by atoms with van der Waals surface area (Å²) in [5, 5.41) is 32.5. The van der Waals surface area contributed by atoms with E-state index in [0.717, 1.165) is 9.91 Å². The molecule has 212 valence electrons. The lowest BCUT2D eigenvalue weighted by Gasteiger charge is -2.52. The highest BCUT2D eigenvalue weighted by Crippen LogP contribution is 2.44. The summed E-state index contributed by atoms with van der Waals surface area (Å²) in [4.78, 5) is 66.3. The number of carboxylic acids is 1. The van der Waals surface area contributed by atoms with Crippen molar-refractivity contribution in [3.05, 3.63) is 40.5 Å². The average Bonchev–Trinajstić information content (AvgIpc) is 3.36. The minimum atomic E-state index is -1.26. The Morgan fingerprint density at radius 2 is 1.88 bits per heavy atom. The van der Waals surface area contributed by atoms with Crippen LogP contribution in [-0.4, -0.2) is 104 Å². The number of rotatable bonds is 8. The summed E-state index contributed by atoms with van der Waals surface area (Å²) < 4.78 is 0.683. The Kier molecular flexibility index (Phi) is 8.85. The molecular formula is C23H25N7O7S3. The molecule has 1 saturated heterocycles. The Bertz CT molecular complexity index is 1380. The fourth-order valence-corrected chi connectivity index (χ4v) is 7.40. The number of amides is 6. The summed E-state index contributed by atoms with van der Waals surface area (Å²) in [6, 6.07) is 2.98. The monoisotopic (exact) mass is 607 g/mol. The first kappa shape index (κ1) is 29.2. The van der Waals surface area contributed by atoms with E-state index in [0.29, 0.717) is 21.4 Å². The molecule has 1 fully saturated rings. The van der Waals surface area contributed by atoms with Crippen LogP contribution in [0.1, 0.15) is 5.01 Å². The quantitative estimate of drug-likeness (QED) is 0.250. The van der Waals surface area contributed by atoms with Crippen molar-refractivity contribution in [3.63, 3.8) is 0 Å².